The van der Waals surface area contributed by atoms with Gasteiger partial charge in [0.15, 0.2) is 0 Å². The Balaban J connectivity index is 1.86. The predicted molar refractivity (Wildman–Crippen MR) is 78.5 cm³/mol. The van der Waals surface area contributed by atoms with E-state index < -0.39 is 0 Å². The SMILES string of the molecule is CC[N+]12Cc3ccsc3[C@H]3[C@@H](C(=O)OC)C[C@H]1CC[C@H]32. The number of carbonyl (C=O) groups is 1. The van der Waals surface area contributed by atoms with Crippen LogP contribution in [0.25, 0.3) is 0 Å². The van der Waals surface area contributed by atoms with Crippen LogP contribution in [0.1, 0.15) is 42.5 Å². The van der Waals surface area contributed by atoms with E-state index in [9.17, 15) is 4.79 Å². The molecule has 3 aliphatic heterocycles. The number of thiophene rings is 1. The second kappa shape index (κ2) is 4.31. The summed E-state index contributed by atoms with van der Waals surface area (Å²) in [5.41, 5.74) is 1.50. The highest BCUT2D eigenvalue weighted by atomic mass is 32.1. The second-order valence-electron chi connectivity index (χ2n) is 6.58. The molecule has 0 saturated carbocycles. The molecule has 0 amide bonds. The third-order valence-corrected chi connectivity index (χ3v) is 7.26. The number of methoxy groups -OCH3 is 1. The van der Waals surface area contributed by atoms with Crippen molar-refractivity contribution < 1.29 is 14.0 Å². The molecule has 5 atom stereocenters. The molecule has 1 unspecified atom stereocenters. The van der Waals surface area contributed by atoms with E-state index in [1.54, 1.807) is 7.11 Å². The van der Waals surface area contributed by atoms with Gasteiger partial charge in [-0.15, -0.1) is 11.3 Å². The largest absolute Gasteiger partial charge is 0.469 e. The number of ether oxygens (including phenoxy) is 1. The van der Waals surface area contributed by atoms with Gasteiger partial charge < -0.3 is 9.22 Å². The van der Waals surface area contributed by atoms with Crippen molar-refractivity contribution in [3.05, 3.63) is 21.9 Å². The smallest absolute Gasteiger partial charge is 0.309 e. The molecule has 4 bridgehead atoms. The number of hydrogen-bond donors (Lipinski definition) is 0. The molecule has 0 radical (unpaired) electrons. The van der Waals surface area contributed by atoms with Crippen LogP contribution in [-0.2, 0) is 16.1 Å². The Morgan fingerprint density at radius 3 is 3.10 bits per heavy atom. The van der Waals surface area contributed by atoms with Gasteiger partial charge in [0, 0.05) is 29.7 Å². The van der Waals surface area contributed by atoms with E-state index in [1.165, 1.54) is 40.9 Å². The first kappa shape index (κ1) is 12.8. The van der Waals surface area contributed by atoms with Gasteiger partial charge in [-0.25, -0.2) is 0 Å². The quantitative estimate of drug-likeness (QED) is 0.619. The van der Waals surface area contributed by atoms with Crippen LogP contribution in [0.4, 0.5) is 0 Å². The number of likely N-dealkylation sites (N-methyl/N-ethyl adjacent to an activating group) is 1. The molecular weight excluding hydrogens is 270 g/mol. The number of carbonyl (C=O) groups excluding carboxylic acids is 1. The fourth-order valence-corrected chi connectivity index (χ4v) is 6.51. The van der Waals surface area contributed by atoms with Gasteiger partial charge >= 0.3 is 5.97 Å². The van der Waals surface area contributed by atoms with Gasteiger partial charge in [-0.05, 0) is 18.4 Å². The minimum atomic E-state index is 0.0158. The Labute approximate surface area is 124 Å². The number of piperidine rings is 1. The normalized spacial score (nSPS) is 41.3. The highest BCUT2D eigenvalue weighted by molar-refractivity contribution is 7.10. The molecule has 1 aromatic heterocycles. The van der Waals surface area contributed by atoms with Crippen LogP contribution in [0, 0.1) is 5.92 Å². The Morgan fingerprint density at radius 2 is 2.35 bits per heavy atom. The van der Waals surface area contributed by atoms with Crippen LogP contribution < -0.4 is 0 Å². The lowest BCUT2D eigenvalue weighted by Gasteiger charge is -2.55. The monoisotopic (exact) mass is 292 g/mol. The van der Waals surface area contributed by atoms with Gasteiger partial charge in [-0.2, -0.15) is 0 Å². The molecule has 4 heteroatoms. The van der Waals surface area contributed by atoms with Crippen LogP contribution >= 0.6 is 11.3 Å². The number of hydrogen-bond acceptors (Lipinski definition) is 3. The maximum Gasteiger partial charge on any atom is 0.309 e. The molecule has 0 aromatic carbocycles. The van der Waals surface area contributed by atoms with Gasteiger partial charge in [0.05, 0.1) is 37.6 Å². The van der Waals surface area contributed by atoms with E-state index in [4.69, 9.17) is 4.74 Å². The minimum absolute atomic E-state index is 0.0158. The van der Waals surface area contributed by atoms with E-state index in [0.717, 1.165) is 6.42 Å². The van der Waals surface area contributed by atoms with Crippen molar-refractivity contribution in [1.29, 1.82) is 0 Å². The molecule has 0 spiro atoms. The molecule has 3 nitrogen and oxygen atoms in total. The van der Waals surface area contributed by atoms with Crippen LogP contribution in [0.15, 0.2) is 11.4 Å². The third-order valence-electron chi connectivity index (χ3n) is 6.20. The van der Waals surface area contributed by atoms with E-state index >= 15 is 0 Å². The Hall–Kier alpha value is -0.870. The van der Waals surface area contributed by atoms with Crippen molar-refractivity contribution in [3.8, 4) is 0 Å². The van der Waals surface area contributed by atoms with Gasteiger partial charge in [-0.1, -0.05) is 0 Å². The molecule has 1 aromatic rings. The van der Waals surface area contributed by atoms with Crippen molar-refractivity contribution in [2.75, 3.05) is 13.7 Å². The number of esters is 1. The molecule has 4 rings (SSSR count). The third kappa shape index (κ3) is 1.41. The summed E-state index contributed by atoms with van der Waals surface area (Å²) in [4.78, 5) is 13.8. The average molecular weight is 292 g/mol. The average Bonchev–Trinajstić information content (AvgIpc) is 3.00. The van der Waals surface area contributed by atoms with Crippen molar-refractivity contribution in [2.45, 2.75) is 50.7 Å². The zero-order valence-electron chi connectivity index (χ0n) is 12.2. The summed E-state index contributed by atoms with van der Waals surface area (Å²) in [6.45, 7) is 4.72. The van der Waals surface area contributed by atoms with Crippen LogP contribution in [0.2, 0.25) is 0 Å². The van der Waals surface area contributed by atoms with E-state index in [-0.39, 0.29) is 11.9 Å². The fourth-order valence-electron chi connectivity index (χ4n) is 5.37. The van der Waals surface area contributed by atoms with Crippen LogP contribution in [0.5, 0.6) is 0 Å². The number of rotatable bonds is 2. The summed E-state index contributed by atoms with van der Waals surface area (Å²) in [6.07, 6.45) is 3.60. The van der Waals surface area contributed by atoms with Gasteiger partial charge in [0.25, 0.3) is 0 Å². The van der Waals surface area contributed by atoms with Gasteiger partial charge in [0.2, 0.25) is 0 Å². The standard InChI is InChI=1S/C16H22NO2S/c1-3-17-9-10-6-7-20-15(10)14-12(16(18)19-2)8-11(17)4-5-13(14)17/h6-7,11-14H,3-5,8-9H2,1-2H3/q+1/t11-,12+,13-,14+,17?/m1/s1. The summed E-state index contributed by atoms with van der Waals surface area (Å²) >= 11 is 1.85. The lowest BCUT2D eigenvalue weighted by molar-refractivity contribution is -0.981. The van der Waals surface area contributed by atoms with Crippen LogP contribution in [0.3, 0.4) is 0 Å². The van der Waals surface area contributed by atoms with Gasteiger partial charge in [0.1, 0.15) is 6.54 Å². The highest BCUT2D eigenvalue weighted by Gasteiger charge is 2.62. The van der Waals surface area contributed by atoms with Crippen molar-refractivity contribution >= 4 is 17.3 Å². The summed E-state index contributed by atoms with van der Waals surface area (Å²) < 4.78 is 6.36. The molecule has 20 heavy (non-hydrogen) atoms. The molecule has 3 aliphatic rings. The van der Waals surface area contributed by atoms with Gasteiger partial charge in [-0.3, -0.25) is 4.79 Å². The maximum absolute atomic E-state index is 12.3. The zero-order valence-corrected chi connectivity index (χ0v) is 13.0. The number of quaternary nitrogens is 1. The lowest BCUT2D eigenvalue weighted by atomic mass is 9.73. The second-order valence-corrected chi connectivity index (χ2v) is 7.52. The van der Waals surface area contributed by atoms with Crippen molar-refractivity contribution in [1.82, 2.24) is 0 Å². The number of fused-ring (bicyclic) bond motifs is 2. The lowest BCUT2D eigenvalue weighted by Crippen LogP contribution is -2.65. The first-order valence-corrected chi connectivity index (χ1v) is 8.59. The summed E-state index contributed by atoms with van der Waals surface area (Å²) in [5.74, 6) is 0.514. The molecular formula is C16H22NO2S+. The predicted octanol–water partition coefficient (Wildman–Crippen LogP) is 2.91. The maximum atomic E-state index is 12.3. The first-order valence-electron chi connectivity index (χ1n) is 7.71. The van der Waals surface area contributed by atoms with E-state index in [2.05, 4.69) is 18.4 Å². The zero-order chi connectivity index (χ0) is 13.9. The summed E-state index contributed by atoms with van der Waals surface area (Å²) in [7, 11) is 1.54. The molecule has 0 N–H and O–H groups in total. The van der Waals surface area contributed by atoms with Crippen LogP contribution in [-0.4, -0.2) is 36.2 Å². The molecule has 2 fully saturated rings. The molecule has 4 heterocycles. The topological polar surface area (TPSA) is 26.3 Å². The highest BCUT2D eigenvalue weighted by Crippen LogP contribution is 2.57. The molecule has 108 valence electrons. The number of nitrogens with zero attached hydrogens (tertiary/aromatic N) is 1. The van der Waals surface area contributed by atoms with E-state index in [0.29, 0.717) is 18.0 Å². The Morgan fingerprint density at radius 1 is 1.50 bits per heavy atom. The summed E-state index contributed by atoms with van der Waals surface area (Å²) in [6, 6.07) is 3.60. The molecule has 0 aliphatic carbocycles. The van der Waals surface area contributed by atoms with E-state index in [1.807, 2.05) is 11.3 Å². The minimum Gasteiger partial charge on any atom is -0.469 e. The Bertz CT molecular complexity index is 554. The summed E-state index contributed by atoms with van der Waals surface area (Å²) in [5, 5.41) is 2.21. The molecule has 2 saturated heterocycles. The Kier molecular flexibility index (Phi) is 2.77. The first-order chi connectivity index (χ1) is 9.71. The van der Waals surface area contributed by atoms with Crippen molar-refractivity contribution in [3.63, 3.8) is 0 Å². The van der Waals surface area contributed by atoms with Crippen molar-refractivity contribution in [2.24, 2.45) is 5.92 Å². The fraction of sp³-hybridized carbons (Fsp3) is 0.688.